The lowest BCUT2D eigenvalue weighted by Gasteiger charge is -2.16. The van der Waals surface area contributed by atoms with E-state index in [4.69, 9.17) is 18.9 Å². The number of hydrogen-bond donors (Lipinski definition) is 0. The maximum atomic E-state index is 12.9. The molecule has 0 aliphatic rings. The van der Waals surface area contributed by atoms with Gasteiger partial charge in [-0.15, -0.1) is 0 Å². The minimum absolute atomic E-state index is 0.0585. The zero-order valence-corrected chi connectivity index (χ0v) is 21.7. The largest absolute Gasteiger partial charge is 0.462 e. The summed E-state index contributed by atoms with van der Waals surface area (Å²) in [6, 6.07) is 13.5. The van der Waals surface area contributed by atoms with Crippen molar-refractivity contribution in [1.29, 1.82) is 0 Å². The Morgan fingerprint density at radius 2 is 0.763 bits per heavy atom. The molecule has 0 saturated heterocycles. The van der Waals surface area contributed by atoms with Crippen molar-refractivity contribution in [3.05, 3.63) is 70.8 Å². The van der Waals surface area contributed by atoms with Crippen molar-refractivity contribution in [3.63, 3.8) is 0 Å². The minimum atomic E-state index is -0.662. The molecule has 0 saturated carbocycles. The van der Waals surface area contributed by atoms with Crippen LogP contribution in [-0.2, 0) is 18.9 Å². The van der Waals surface area contributed by atoms with Crippen molar-refractivity contribution in [2.45, 2.75) is 27.7 Å². The summed E-state index contributed by atoms with van der Waals surface area (Å²) in [6.07, 6.45) is 0. The molecule has 38 heavy (non-hydrogen) atoms. The van der Waals surface area contributed by atoms with Crippen LogP contribution in [0.3, 0.4) is 0 Å². The first kappa shape index (κ1) is 26.6. The summed E-state index contributed by atoms with van der Waals surface area (Å²) in [4.78, 5) is 50.9. The van der Waals surface area contributed by atoms with Gasteiger partial charge in [-0.1, -0.05) is 12.1 Å². The monoisotopic (exact) mass is 516 g/mol. The average molecular weight is 517 g/mol. The number of fused-ring (bicyclic) bond motifs is 6. The van der Waals surface area contributed by atoms with E-state index >= 15 is 0 Å². The molecule has 0 aliphatic carbocycles. The van der Waals surface area contributed by atoms with Crippen LogP contribution >= 0.6 is 0 Å². The first-order chi connectivity index (χ1) is 18.3. The summed E-state index contributed by atoms with van der Waals surface area (Å²) < 4.78 is 20.8. The van der Waals surface area contributed by atoms with Crippen molar-refractivity contribution >= 4 is 56.2 Å². The Kier molecular flexibility index (Phi) is 7.90. The van der Waals surface area contributed by atoms with E-state index in [2.05, 4.69) is 0 Å². The van der Waals surface area contributed by atoms with Gasteiger partial charge in [-0.25, -0.2) is 19.2 Å². The van der Waals surface area contributed by atoms with E-state index in [9.17, 15) is 19.2 Å². The van der Waals surface area contributed by atoms with E-state index in [1.165, 1.54) is 0 Å². The van der Waals surface area contributed by atoms with Crippen LogP contribution in [0.1, 0.15) is 69.1 Å². The SMILES string of the molecule is CCOC(=O)c1ccc2c(c1)c1ccc(C(=O)OCC)cc1c1cc(C(=O)OCC)c(C(=O)OCC)cc21. The van der Waals surface area contributed by atoms with Crippen molar-refractivity contribution < 1.29 is 38.1 Å². The van der Waals surface area contributed by atoms with Gasteiger partial charge in [0.05, 0.1) is 48.7 Å². The molecular formula is C30H28O8. The summed E-state index contributed by atoms with van der Waals surface area (Å²) in [5.74, 6) is -2.27. The lowest BCUT2D eigenvalue weighted by molar-refractivity contribution is 0.0479. The summed E-state index contributed by atoms with van der Waals surface area (Å²) in [7, 11) is 0. The summed E-state index contributed by atoms with van der Waals surface area (Å²) in [5.41, 5.74) is 0.814. The van der Waals surface area contributed by atoms with Crippen molar-refractivity contribution in [2.75, 3.05) is 26.4 Å². The maximum Gasteiger partial charge on any atom is 0.339 e. The Hall–Kier alpha value is -4.46. The third-order valence-corrected chi connectivity index (χ3v) is 6.08. The first-order valence-corrected chi connectivity index (χ1v) is 12.5. The molecule has 0 spiro atoms. The van der Waals surface area contributed by atoms with E-state index in [1.807, 2.05) is 0 Å². The molecule has 0 fully saturated rings. The zero-order valence-electron chi connectivity index (χ0n) is 21.7. The van der Waals surface area contributed by atoms with Crippen LogP contribution in [0.2, 0.25) is 0 Å². The number of esters is 4. The predicted octanol–water partition coefficient (Wildman–Crippen LogP) is 5.85. The average Bonchev–Trinajstić information content (AvgIpc) is 2.92. The third-order valence-electron chi connectivity index (χ3n) is 6.08. The van der Waals surface area contributed by atoms with Gasteiger partial charge in [-0.3, -0.25) is 0 Å². The normalized spacial score (nSPS) is 10.9. The van der Waals surface area contributed by atoms with E-state index in [0.717, 1.165) is 10.8 Å². The van der Waals surface area contributed by atoms with Crippen molar-refractivity contribution in [2.24, 2.45) is 0 Å². The van der Waals surface area contributed by atoms with Gasteiger partial charge >= 0.3 is 23.9 Å². The number of rotatable bonds is 8. The van der Waals surface area contributed by atoms with E-state index in [-0.39, 0.29) is 37.6 Å². The second kappa shape index (κ2) is 11.3. The highest BCUT2D eigenvalue weighted by Gasteiger charge is 2.23. The summed E-state index contributed by atoms with van der Waals surface area (Å²) in [5, 5.41) is 4.10. The van der Waals surface area contributed by atoms with Gasteiger partial charge in [-0.05, 0) is 96.4 Å². The molecule has 0 unspecified atom stereocenters. The highest BCUT2D eigenvalue weighted by atomic mass is 16.5. The highest BCUT2D eigenvalue weighted by molar-refractivity contribution is 6.28. The number of benzene rings is 4. The quantitative estimate of drug-likeness (QED) is 0.163. The molecule has 8 nitrogen and oxygen atoms in total. The van der Waals surface area contributed by atoms with Gasteiger partial charge in [0.25, 0.3) is 0 Å². The minimum Gasteiger partial charge on any atom is -0.462 e. The van der Waals surface area contributed by atoms with E-state index in [1.54, 1.807) is 76.2 Å². The molecule has 0 atom stereocenters. The fraction of sp³-hybridized carbons (Fsp3) is 0.267. The molecule has 0 N–H and O–H groups in total. The molecule has 0 bridgehead atoms. The molecule has 8 heteroatoms. The summed E-state index contributed by atoms with van der Waals surface area (Å²) in [6.45, 7) is 7.52. The van der Waals surface area contributed by atoms with Gasteiger partial charge in [0.15, 0.2) is 0 Å². The molecule has 4 aromatic carbocycles. The number of carbonyl (C=O) groups excluding carboxylic acids is 4. The molecule has 196 valence electrons. The third kappa shape index (κ3) is 4.89. The molecule has 0 aliphatic heterocycles. The smallest absolute Gasteiger partial charge is 0.339 e. The van der Waals surface area contributed by atoms with Crippen LogP contribution in [0.15, 0.2) is 48.5 Å². The Balaban J connectivity index is 2.15. The fourth-order valence-electron chi connectivity index (χ4n) is 4.49. The van der Waals surface area contributed by atoms with Crippen LogP contribution in [0.4, 0.5) is 0 Å². The Labute approximate surface area is 219 Å². The van der Waals surface area contributed by atoms with Gasteiger partial charge < -0.3 is 18.9 Å². The standard InChI is InChI=1S/C30H28O8/c1-5-35-27(31)17-10-12-20-21(13-17)19-11-9-18(28(32)36-6-2)14-22(19)24-16-26(30(34)38-8-4)25(15-23(20)24)29(33)37-7-3/h9-16H,5-8H2,1-4H3. The van der Waals surface area contributed by atoms with Crippen molar-refractivity contribution in [3.8, 4) is 0 Å². The summed E-state index contributed by atoms with van der Waals surface area (Å²) >= 11 is 0. The second-order valence-corrected chi connectivity index (χ2v) is 8.35. The molecule has 4 aromatic rings. The molecule has 0 amide bonds. The van der Waals surface area contributed by atoms with Gasteiger partial charge in [0.1, 0.15) is 0 Å². The number of ether oxygens (including phenoxy) is 4. The Morgan fingerprint density at radius 1 is 0.447 bits per heavy atom. The van der Waals surface area contributed by atoms with Crippen molar-refractivity contribution in [1.82, 2.24) is 0 Å². The highest BCUT2D eigenvalue weighted by Crippen LogP contribution is 2.38. The Morgan fingerprint density at radius 3 is 1.16 bits per heavy atom. The molecule has 4 rings (SSSR count). The fourth-order valence-corrected chi connectivity index (χ4v) is 4.49. The molecule has 0 heterocycles. The second-order valence-electron chi connectivity index (χ2n) is 8.35. The van der Waals surface area contributed by atoms with Crippen LogP contribution in [-0.4, -0.2) is 50.3 Å². The van der Waals surface area contributed by atoms with Crippen LogP contribution in [0.5, 0.6) is 0 Å². The maximum absolute atomic E-state index is 12.9. The van der Waals surface area contributed by atoms with Gasteiger partial charge in [-0.2, -0.15) is 0 Å². The predicted molar refractivity (Wildman–Crippen MR) is 143 cm³/mol. The van der Waals surface area contributed by atoms with Crippen LogP contribution in [0, 0.1) is 0 Å². The Bertz CT molecular complexity index is 1550. The van der Waals surface area contributed by atoms with Crippen LogP contribution < -0.4 is 0 Å². The molecular weight excluding hydrogens is 488 g/mol. The molecule has 0 aromatic heterocycles. The van der Waals surface area contributed by atoms with Gasteiger partial charge in [0.2, 0.25) is 0 Å². The first-order valence-electron chi connectivity index (χ1n) is 12.5. The van der Waals surface area contributed by atoms with E-state index in [0.29, 0.717) is 32.7 Å². The number of hydrogen-bond acceptors (Lipinski definition) is 8. The zero-order chi connectivity index (χ0) is 27.4. The van der Waals surface area contributed by atoms with Gasteiger partial charge in [0, 0.05) is 0 Å². The molecule has 0 radical (unpaired) electrons. The van der Waals surface area contributed by atoms with E-state index < -0.39 is 23.9 Å². The lowest BCUT2D eigenvalue weighted by atomic mass is 9.89. The van der Waals surface area contributed by atoms with Crippen LogP contribution in [0.25, 0.3) is 32.3 Å². The number of carbonyl (C=O) groups is 4. The lowest BCUT2D eigenvalue weighted by Crippen LogP contribution is -2.14. The topological polar surface area (TPSA) is 105 Å².